The Hall–Kier alpha value is -3.49. The lowest BCUT2D eigenvalue weighted by Crippen LogP contribution is -2.39. The summed E-state index contributed by atoms with van der Waals surface area (Å²) in [6, 6.07) is 12.5. The zero-order valence-corrected chi connectivity index (χ0v) is 23.4. The standard InChI is InChI=1S/C30H35ClN6O2/c1-18-15-21(19-11-13-37(14-12-19)17-26(32)38)8-9-23(18)35-29-33-16-22(31)24(36-29)10-7-20-5-4-6-25-27(20)30(2,3)28(39)34-25/h4-6,8-9,15-16,19H,7,10-14,17H2,1-3H3,(H2,32,38)(H,34,39)(H,33,35,36). The Morgan fingerprint density at radius 3 is 2.69 bits per heavy atom. The summed E-state index contributed by atoms with van der Waals surface area (Å²) in [5.74, 6) is 0.718. The molecule has 0 spiro atoms. The van der Waals surface area contributed by atoms with Crippen molar-refractivity contribution in [3.63, 3.8) is 0 Å². The number of rotatable bonds is 8. The molecule has 3 heterocycles. The predicted molar refractivity (Wildman–Crippen MR) is 155 cm³/mol. The molecule has 4 N–H and O–H groups in total. The number of likely N-dealkylation sites (tertiary alicyclic amines) is 1. The number of halogens is 1. The number of amides is 2. The number of nitrogens with two attached hydrogens (primary N) is 1. The average Bonchev–Trinajstić information content (AvgIpc) is 3.14. The summed E-state index contributed by atoms with van der Waals surface area (Å²) in [6.07, 6.45) is 5.00. The van der Waals surface area contributed by atoms with Gasteiger partial charge in [0.25, 0.3) is 0 Å². The lowest BCUT2D eigenvalue weighted by Gasteiger charge is -2.31. The second-order valence-electron chi connectivity index (χ2n) is 11.1. The zero-order chi connectivity index (χ0) is 27.7. The summed E-state index contributed by atoms with van der Waals surface area (Å²) in [5.41, 5.74) is 12.0. The molecule has 2 aliphatic rings. The molecule has 1 fully saturated rings. The first kappa shape index (κ1) is 27.1. The number of piperidine rings is 1. The van der Waals surface area contributed by atoms with Crippen molar-refractivity contribution >= 4 is 40.7 Å². The van der Waals surface area contributed by atoms with Gasteiger partial charge in [-0.15, -0.1) is 0 Å². The highest BCUT2D eigenvalue weighted by Gasteiger charge is 2.39. The fourth-order valence-corrected chi connectivity index (χ4v) is 5.97. The van der Waals surface area contributed by atoms with Crippen molar-refractivity contribution in [1.29, 1.82) is 0 Å². The second kappa shape index (κ2) is 10.9. The van der Waals surface area contributed by atoms with Crippen molar-refractivity contribution in [3.05, 3.63) is 75.6 Å². The van der Waals surface area contributed by atoms with Gasteiger partial charge in [0.05, 0.1) is 28.9 Å². The highest BCUT2D eigenvalue weighted by Crippen LogP contribution is 2.40. The second-order valence-corrected chi connectivity index (χ2v) is 11.5. The van der Waals surface area contributed by atoms with E-state index in [4.69, 9.17) is 22.3 Å². The molecule has 2 amide bonds. The Labute approximate surface area is 234 Å². The molecule has 0 radical (unpaired) electrons. The van der Waals surface area contributed by atoms with Crippen LogP contribution in [0.25, 0.3) is 0 Å². The van der Waals surface area contributed by atoms with Gasteiger partial charge in [-0.05, 0) is 99.8 Å². The quantitative estimate of drug-likeness (QED) is 0.372. The number of benzene rings is 2. The van der Waals surface area contributed by atoms with Crippen molar-refractivity contribution in [3.8, 4) is 0 Å². The number of hydrogen-bond acceptors (Lipinski definition) is 6. The molecular formula is C30H35ClN6O2. The van der Waals surface area contributed by atoms with E-state index in [2.05, 4.69) is 51.7 Å². The number of nitrogens with one attached hydrogen (secondary N) is 2. The molecule has 0 bridgehead atoms. The molecular weight excluding hydrogens is 512 g/mol. The number of nitrogens with zero attached hydrogens (tertiary/aromatic N) is 3. The van der Waals surface area contributed by atoms with Crippen molar-refractivity contribution in [2.75, 3.05) is 30.3 Å². The van der Waals surface area contributed by atoms with Crippen LogP contribution in [0.15, 0.2) is 42.6 Å². The summed E-state index contributed by atoms with van der Waals surface area (Å²) in [6.45, 7) is 8.09. The number of carbonyl (C=O) groups is 2. The molecule has 2 aliphatic heterocycles. The van der Waals surface area contributed by atoms with Gasteiger partial charge >= 0.3 is 0 Å². The number of aryl methyl sites for hydroxylation is 3. The lowest BCUT2D eigenvalue weighted by atomic mass is 9.82. The van der Waals surface area contributed by atoms with E-state index in [0.29, 0.717) is 36.3 Å². The summed E-state index contributed by atoms with van der Waals surface area (Å²) in [7, 11) is 0. The van der Waals surface area contributed by atoms with Crippen LogP contribution < -0.4 is 16.4 Å². The third-order valence-corrected chi connectivity index (χ3v) is 8.29. The van der Waals surface area contributed by atoms with E-state index in [9.17, 15) is 9.59 Å². The molecule has 2 aromatic carbocycles. The molecule has 1 aromatic heterocycles. The van der Waals surface area contributed by atoms with Gasteiger partial charge in [-0.3, -0.25) is 14.5 Å². The molecule has 8 nitrogen and oxygen atoms in total. The van der Waals surface area contributed by atoms with Crippen molar-refractivity contribution in [2.24, 2.45) is 5.73 Å². The maximum atomic E-state index is 12.5. The zero-order valence-electron chi connectivity index (χ0n) is 22.7. The van der Waals surface area contributed by atoms with Gasteiger partial charge in [-0.25, -0.2) is 9.97 Å². The van der Waals surface area contributed by atoms with Crippen LogP contribution in [0.4, 0.5) is 17.3 Å². The predicted octanol–water partition coefficient (Wildman–Crippen LogP) is 4.86. The molecule has 0 aliphatic carbocycles. The summed E-state index contributed by atoms with van der Waals surface area (Å²) in [4.78, 5) is 34.9. The van der Waals surface area contributed by atoms with E-state index in [1.807, 2.05) is 26.0 Å². The van der Waals surface area contributed by atoms with E-state index in [1.165, 1.54) is 5.56 Å². The van der Waals surface area contributed by atoms with Crippen LogP contribution in [0.2, 0.25) is 5.02 Å². The normalized spacial score (nSPS) is 17.1. The third-order valence-electron chi connectivity index (χ3n) is 7.97. The van der Waals surface area contributed by atoms with Gasteiger partial charge in [0.2, 0.25) is 17.8 Å². The van der Waals surface area contributed by atoms with Gasteiger partial charge in [0.15, 0.2) is 0 Å². The Balaban J connectivity index is 1.26. The maximum absolute atomic E-state index is 12.5. The number of carbonyl (C=O) groups excluding carboxylic acids is 2. The fourth-order valence-electron chi connectivity index (χ4n) is 5.78. The third kappa shape index (κ3) is 5.77. The number of hydrogen-bond donors (Lipinski definition) is 3. The number of fused-ring (bicyclic) bond motifs is 1. The molecule has 1 saturated heterocycles. The lowest BCUT2D eigenvalue weighted by molar-refractivity contribution is -0.120. The molecule has 39 heavy (non-hydrogen) atoms. The van der Waals surface area contributed by atoms with Crippen LogP contribution in [0, 0.1) is 6.92 Å². The minimum absolute atomic E-state index is 0.0198. The summed E-state index contributed by atoms with van der Waals surface area (Å²) < 4.78 is 0. The van der Waals surface area contributed by atoms with Gasteiger partial charge in [-0.2, -0.15) is 0 Å². The van der Waals surface area contributed by atoms with Crippen LogP contribution in [0.1, 0.15) is 60.6 Å². The minimum Gasteiger partial charge on any atom is -0.369 e. The van der Waals surface area contributed by atoms with E-state index < -0.39 is 5.41 Å². The molecule has 3 aromatic rings. The first-order valence-electron chi connectivity index (χ1n) is 13.5. The van der Waals surface area contributed by atoms with E-state index in [-0.39, 0.29) is 11.8 Å². The number of anilines is 3. The smallest absolute Gasteiger partial charge is 0.234 e. The fraction of sp³-hybridized carbons (Fsp3) is 0.400. The van der Waals surface area contributed by atoms with Crippen molar-refractivity contribution in [2.45, 2.75) is 57.8 Å². The molecule has 5 rings (SSSR count). The molecule has 0 saturated carbocycles. The van der Waals surface area contributed by atoms with E-state index in [1.54, 1.807) is 6.20 Å². The average molecular weight is 547 g/mol. The molecule has 204 valence electrons. The van der Waals surface area contributed by atoms with Crippen LogP contribution in [-0.4, -0.2) is 46.3 Å². The van der Waals surface area contributed by atoms with Crippen LogP contribution in [-0.2, 0) is 27.8 Å². The van der Waals surface area contributed by atoms with Crippen molar-refractivity contribution in [1.82, 2.24) is 14.9 Å². The monoisotopic (exact) mass is 546 g/mol. The number of primary amides is 1. The minimum atomic E-state index is -0.571. The highest BCUT2D eigenvalue weighted by atomic mass is 35.5. The Bertz CT molecular complexity index is 1410. The van der Waals surface area contributed by atoms with Gasteiger partial charge in [0.1, 0.15) is 0 Å². The highest BCUT2D eigenvalue weighted by molar-refractivity contribution is 6.31. The summed E-state index contributed by atoms with van der Waals surface area (Å²) in [5, 5.41) is 6.88. The summed E-state index contributed by atoms with van der Waals surface area (Å²) >= 11 is 6.49. The van der Waals surface area contributed by atoms with Crippen LogP contribution in [0.5, 0.6) is 0 Å². The van der Waals surface area contributed by atoms with E-state index in [0.717, 1.165) is 59.7 Å². The SMILES string of the molecule is Cc1cc(C2CCN(CC(N)=O)CC2)ccc1Nc1ncc(Cl)c(CCc2cccc3c2C(C)(C)C(=O)N3)n1. The Morgan fingerprint density at radius 2 is 1.97 bits per heavy atom. The Morgan fingerprint density at radius 1 is 1.21 bits per heavy atom. The van der Waals surface area contributed by atoms with Crippen LogP contribution >= 0.6 is 11.6 Å². The largest absolute Gasteiger partial charge is 0.369 e. The van der Waals surface area contributed by atoms with Gasteiger partial charge in [0, 0.05) is 11.4 Å². The molecule has 9 heteroatoms. The van der Waals surface area contributed by atoms with E-state index >= 15 is 0 Å². The topological polar surface area (TPSA) is 113 Å². The molecule has 0 unspecified atom stereocenters. The first-order chi connectivity index (χ1) is 18.6. The van der Waals surface area contributed by atoms with Crippen LogP contribution in [0.3, 0.4) is 0 Å². The Kier molecular flexibility index (Phi) is 7.60. The van der Waals surface area contributed by atoms with Crippen molar-refractivity contribution < 1.29 is 9.59 Å². The maximum Gasteiger partial charge on any atom is 0.234 e. The number of aromatic nitrogens is 2. The molecule has 0 atom stereocenters. The van der Waals surface area contributed by atoms with Gasteiger partial charge in [-0.1, -0.05) is 35.9 Å². The first-order valence-corrected chi connectivity index (χ1v) is 13.8. The van der Waals surface area contributed by atoms with Gasteiger partial charge < -0.3 is 16.4 Å².